The molecule has 2 aromatic rings. The molecule has 0 saturated carbocycles. The number of amides is 4. The lowest BCUT2D eigenvalue weighted by Crippen LogP contribution is -2.49. The number of carboxylic acid groups (broad SMARTS) is 2. The zero-order valence-corrected chi connectivity index (χ0v) is 33.3. The number of unbranched alkanes of at least 4 members (excludes halogenated alkanes) is 2. The smallest absolute Gasteiger partial charge is 0.303 e. The van der Waals surface area contributed by atoms with E-state index in [1.54, 1.807) is 47.2 Å². The molecule has 300 valence electrons. The van der Waals surface area contributed by atoms with Gasteiger partial charge in [-0.15, -0.1) is 0 Å². The van der Waals surface area contributed by atoms with Gasteiger partial charge >= 0.3 is 11.9 Å². The minimum Gasteiger partial charge on any atom is -0.481 e. The first-order valence-electron chi connectivity index (χ1n) is 18.4. The van der Waals surface area contributed by atoms with E-state index in [0.717, 1.165) is 32.1 Å². The standard InChI is InChI=1S/C21H30Cl2N2O5.C18H26N2O4/c1-3-4-5-11-25(12-6-13-30-2)21(29)18(9-10-19(26)27)24-20(28)15-7-8-16(22)17(23)14-15;1-3-12-20(13-4-2)18(24)15(10-11-16(21)22)19-17(23)14-8-6-5-7-9-14/h7-8,14,18H,3-6,9-13H2,1-2H3,(H,24,28)(H,26,27);5-9,15H,3-4,10-13H2,1-2H3,(H,19,23)(H,21,22). The van der Waals surface area contributed by atoms with Gasteiger partial charge in [-0.25, -0.2) is 0 Å². The quantitative estimate of drug-likeness (QED) is 0.0885. The molecule has 0 aliphatic rings. The van der Waals surface area contributed by atoms with Crippen molar-refractivity contribution in [3.63, 3.8) is 0 Å². The number of hydrogen-bond acceptors (Lipinski definition) is 7. The van der Waals surface area contributed by atoms with Crippen LogP contribution in [0.3, 0.4) is 0 Å². The fourth-order valence-electron chi connectivity index (χ4n) is 5.36. The van der Waals surface area contributed by atoms with Crippen LogP contribution in [0.25, 0.3) is 0 Å². The Labute approximate surface area is 328 Å². The lowest BCUT2D eigenvalue weighted by molar-refractivity contribution is -0.139. The van der Waals surface area contributed by atoms with E-state index >= 15 is 0 Å². The molecule has 2 aromatic carbocycles. The molecule has 0 aromatic heterocycles. The molecular weight excluding hydrogens is 739 g/mol. The SMILES string of the molecule is CCCCCN(CCCOC)C(=O)C(CCC(=O)O)NC(=O)c1ccc(Cl)c(Cl)c1.CCCN(CCC)C(=O)C(CCC(=O)O)NC(=O)c1ccccc1. The van der Waals surface area contributed by atoms with E-state index in [1.165, 1.54) is 18.2 Å². The van der Waals surface area contributed by atoms with Gasteiger partial charge in [0.25, 0.3) is 11.8 Å². The summed E-state index contributed by atoms with van der Waals surface area (Å²) < 4.78 is 5.07. The van der Waals surface area contributed by atoms with E-state index in [2.05, 4.69) is 17.6 Å². The second kappa shape index (κ2) is 27.4. The largest absolute Gasteiger partial charge is 0.481 e. The zero-order valence-electron chi connectivity index (χ0n) is 31.8. The van der Waals surface area contributed by atoms with Gasteiger partial charge in [0.2, 0.25) is 11.8 Å². The van der Waals surface area contributed by atoms with Crippen LogP contribution in [0.5, 0.6) is 0 Å². The molecule has 0 spiro atoms. The number of halogens is 2. The number of benzene rings is 2. The first-order valence-corrected chi connectivity index (χ1v) is 19.2. The molecule has 0 radical (unpaired) electrons. The van der Waals surface area contributed by atoms with Gasteiger partial charge in [0, 0.05) is 63.9 Å². The van der Waals surface area contributed by atoms with E-state index in [9.17, 15) is 28.8 Å². The van der Waals surface area contributed by atoms with Gasteiger partial charge in [-0.05, 0) is 68.9 Å². The molecule has 0 aliphatic heterocycles. The van der Waals surface area contributed by atoms with Crippen LogP contribution >= 0.6 is 23.2 Å². The Hall–Kier alpha value is -4.20. The Morgan fingerprint density at radius 1 is 0.648 bits per heavy atom. The predicted molar refractivity (Wildman–Crippen MR) is 209 cm³/mol. The van der Waals surface area contributed by atoms with Gasteiger partial charge in [0.05, 0.1) is 10.0 Å². The van der Waals surface area contributed by atoms with Crippen LogP contribution in [0.1, 0.15) is 106 Å². The number of aliphatic carboxylic acids is 2. The van der Waals surface area contributed by atoms with Crippen LogP contribution < -0.4 is 10.6 Å². The van der Waals surface area contributed by atoms with Gasteiger partial charge in [-0.3, -0.25) is 28.8 Å². The summed E-state index contributed by atoms with van der Waals surface area (Å²) in [4.78, 5) is 76.2. The van der Waals surface area contributed by atoms with E-state index in [-0.39, 0.29) is 54.0 Å². The number of ether oxygens (including phenoxy) is 1. The highest BCUT2D eigenvalue weighted by molar-refractivity contribution is 6.42. The number of rotatable bonds is 24. The Bertz CT molecular complexity index is 1460. The van der Waals surface area contributed by atoms with Crippen molar-refractivity contribution in [2.24, 2.45) is 0 Å². The van der Waals surface area contributed by atoms with E-state index in [0.29, 0.717) is 49.8 Å². The van der Waals surface area contributed by atoms with Crippen molar-refractivity contribution in [3.8, 4) is 0 Å². The Balaban J connectivity index is 0.000000553. The average molecular weight is 796 g/mol. The van der Waals surface area contributed by atoms with Crippen molar-refractivity contribution in [2.45, 2.75) is 97.1 Å². The fraction of sp³-hybridized carbons (Fsp3) is 0.538. The molecule has 2 atom stereocenters. The Morgan fingerprint density at radius 3 is 1.61 bits per heavy atom. The van der Waals surface area contributed by atoms with Gasteiger partial charge in [0.15, 0.2) is 0 Å². The molecule has 0 fully saturated rings. The number of methoxy groups -OCH3 is 1. The van der Waals surface area contributed by atoms with Crippen LogP contribution in [0.15, 0.2) is 48.5 Å². The van der Waals surface area contributed by atoms with Crippen molar-refractivity contribution in [2.75, 3.05) is 39.9 Å². The van der Waals surface area contributed by atoms with Gasteiger partial charge < -0.3 is 35.4 Å². The maximum atomic E-state index is 13.2. The van der Waals surface area contributed by atoms with Crippen molar-refractivity contribution >= 4 is 58.8 Å². The normalized spacial score (nSPS) is 11.7. The fourth-order valence-corrected chi connectivity index (χ4v) is 5.66. The number of carboxylic acids is 2. The van der Waals surface area contributed by atoms with Crippen LogP contribution in [0, 0.1) is 0 Å². The minimum atomic E-state index is -1.03. The van der Waals surface area contributed by atoms with Gasteiger partial charge in [0.1, 0.15) is 12.1 Å². The van der Waals surface area contributed by atoms with Gasteiger partial charge in [-0.1, -0.05) is 75.0 Å². The van der Waals surface area contributed by atoms with E-state index in [4.69, 9.17) is 38.2 Å². The summed E-state index contributed by atoms with van der Waals surface area (Å²) in [6.45, 7) is 8.74. The number of carbonyl (C=O) groups is 6. The first-order chi connectivity index (χ1) is 25.8. The van der Waals surface area contributed by atoms with Crippen molar-refractivity contribution in [3.05, 3.63) is 69.7 Å². The molecule has 0 aliphatic carbocycles. The Morgan fingerprint density at radius 2 is 1.15 bits per heavy atom. The third-order valence-corrected chi connectivity index (χ3v) is 8.88. The Kier molecular flexibility index (Phi) is 24.3. The molecule has 4 amide bonds. The maximum Gasteiger partial charge on any atom is 0.303 e. The molecule has 15 heteroatoms. The van der Waals surface area contributed by atoms with Crippen LogP contribution in [0.2, 0.25) is 10.0 Å². The maximum absolute atomic E-state index is 13.2. The predicted octanol–water partition coefficient (Wildman–Crippen LogP) is 6.31. The second-order valence-corrected chi connectivity index (χ2v) is 13.4. The summed E-state index contributed by atoms with van der Waals surface area (Å²) in [5.74, 6) is -3.41. The van der Waals surface area contributed by atoms with Crippen molar-refractivity contribution in [1.82, 2.24) is 20.4 Å². The lowest BCUT2D eigenvalue weighted by atomic mass is 10.1. The van der Waals surface area contributed by atoms with Crippen LogP contribution in [-0.4, -0.2) is 108 Å². The first kappa shape index (κ1) is 47.8. The van der Waals surface area contributed by atoms with Gasteiger partial charge in [-0.2, -0.15) is 0 Å². The third-order valence-electron chi connectivity index (χ3n) is 8.14. The third kappa shape index (κ3) is 18.7. The molecule has 2 rings (SSSR count). The number of carbonyl (C=O) groups excluding carboxylic acids is 4. The summed E-state index contributed by atoms with van der Waals surface area (Å²) in [7, 11) is 1.59. The molecule has 54 heavy (non-hydrogen) atoms. The highest BCUT2D eigenvalue weighted by atomic mass is 35.5. The average Bonchev–Trinajstić information content (AvgIpc) is 3.15. The molecule has 13 nitrogen and oxygen atoms in total. The molecule has 4 N–H and O–H groups in total. The lowest BCUT2D eigenvalue weighted by Gasteiger charge is -2.28. The second-order valence-electron chi connectivity index (χ2n) is 12.6. The molecule has 2 unspecified atom stereocenters. The minimum absolute atomic E-state index is 0.00418. The zero-order chi connectivity index (χ0) is 40.5. The summed E-state index contributed by atoms with van der Waals surface area (Å²) in [6.07, 6.45) is 4.76. The summed E-state index contributed by atoms with van der Waals surface area (Å²) >= 11 is 11.9. The highest BCUT2D eigenvalue weighted by Gasteiger charge is 2.28. The summed E-state index contributed by atoms with van der Waals surface area (Å²) in [5, 5.41) is 23.9. The summed E-state index contributed by atoms with van der Waals surface area (Å²) in [6, 6.07) is 11.2. The molecule has 0 saturated heterocycles. The number of nitrogens with zero attached hydrogens (tertiary/aromatic N) is 2. The molecular formula is C39H56Cl2N4O9. The summed E-state index contributed by atoms with van der Waals surface area (Å²) in [5.41, 5.74) is 0.692. The van der Waals surface area contributed by atoms with Crippen molar-refractivity contribution < 1.29 is 43.7 Å². The van der Waals surface area contributed by atoms with Crippen LogP contribution in [-0.2, 0) is 23.9 Å². The highest BCUT2D eigenvalue weighted by Crippen LogP contribution is 2.23. The monoisotopic (exact) mass is 794 g/mol. The number of nitrogens with one attached hydrogen (secondary N) is 2. The van der Waals surface area contributed by atoms with Crippen molar-refractivity contribution in [1.29, 1.82) is 0 Å². The van der Waals surface area contributed by atoms with E-state index in [1.807, 2.05) is 13.8 Å². The molecule has 0 heterocycles. The van der Waals surface area contributed by atoms with E-state index < -0.39 is 29.9 Å². The van der Waals surface area contributed by atoms with Crippen LogP contribution in [0.4, 0.5) is 0 Å². The topological polar surface area (TPSA) is 183 Å². The number of hydrogen-bond donors (Lipinski definition) is 4. The molecule has 0 bridgehead atoms.